The minimum absolute atomic E-state index is 0.0468. The Bertz CT molecular complexity index is 715. The average molecular weight is 332 g/mol. The molecule has 0 saturated carbocycles. The fraction of sp³-hybridized carbons (Fsp3) is 0.0714. The van der Waals surface area contributed by atoms with E-state index in [1.807, 2.05) is 0 Å². The van der Waals surface area contributed by atoms with Crippen molar-refractivity contribution in [3.8, 4) is 0 Å². The molecular weight excluding hydrogens is 322 g/mol. The van der Waals surface area contributed by atoms with E-state index in [0.717, 1.165) is 5.56 Å². The van der Waals surface area contributed by atoms with Crippen molar-refractivity contribution in [2.75, 3.05) is 10.6 Å². The SMILES string of the molecule is O=C1Cc2ccc(C(=O)Nc3ccncc3Br)cc2N1. The summed E-state index contributed by atoms with van der Waals surface area (Å²) in [6, 6.07) is 6.90. The Hall–Kier alpha value is -2.21. The number of fused-ring (bicyclic) bond motifs is 1. The Kier molecular flexibility index (Phi) is 3.23. The number of anilines is 2. The van der Waals surface area contributed by atoms with E-state index >= 15 is 0 Å². The minimum atomic E-state index is -0.235. The van der Waals surface area contributed by atoms with Crippen LogP contribution < -0.4 is 10.6 Å². The van der Waals surface area contributed by atoms with Gasteiger partial charge in [0, 0.05) is 23.6 Å². The van der Waals surface area contributed by atoms with Gasteiger partial charge in [-0.2, -0.15) is 0 Å². The van der Waals surface area contributed by atoms with Gasteiger partial charge in [-0.25, -0.2) is 0 Å². The molecule has 0 radical (unpaired) electrons. The number of halogens is 1. The second kappa shape index (κ2) is 5.05. The molecule has 3 rings (SSSR count). The number of carbonyl (C=O) groups is 2. The summed E-state index contributed by atoms with van der Waals surface area (Å²) in [5, 5.41) is 5.52. The summed E-state index contributed by atoms with van der Waals surface area (Å²) in [6.45, 7) is 0. The number of benzene rings is 1. The topological polar surface area (TPSA) is 71.1 Å². The third-order valence-electron chi connectivity index (χ3n) is 3.02. The zero-order valence-corrected chi connectivity index (χ0v) is 11.9. The van der Waals surface area contributed by atoms with Crippen LogP contribution in [0.5, 0.6) is 0 Å². The van der Waals surface area contributed by atoms with Crippen molar-refractivity contribution in [2.24, 2.45) is 0 Å². The molecule has 0 unspecified atom stereocenters. The fourth-order valence-corrected chi connectivity index (χ4v) is 2.38. The molecule has 5 nitrogen and oxygen atoms in total. The van der Waals surface area contributed by atoms with Crippen molar-refractivity contribution >= 4 is 39.1 Å². The second-order valence-electron chi connectivity index (χ2n) is 4.41. The van der Waals surface area contributed by atoms with Gasteiger partial charge >= 0.3 is 0 Å². The Morgan fingerprint density at radius 2 is 2.20 bits per heavy atom. The highest BCUT2D eigenvalue weighted by atomic mass is 79.9. The van der Waals surface area contributed by atoms with Crippen LogP contribution in [0, 0.1) is 0 Å². The summed E-state index contributed by atoms with van der Waals surface area (Å²) in [7, 11) is 0. The summed E-state index contributed by atoms with van der Waals surface area (Å²) in [6.07, 6.45) is 3.58. The van der Waals surface area contributed by atoms with E-state index < -0.39 is 0 Å². The van der Waals surface area contributed by atoms with Gasteiger partial charge in [0.1, 0.15) is 0 Å². The van der Waals surface area contributed by atoms with Crippen molar-refractivity contribution in [1.82, 2.24) is 4.98 Å². The van der Waals surface area contributed by atoms with Crippen LogP contribution in [0.2, 0.25) is 0 Å². The first kappa shape index (κ1) is 12.8. The molecule has 1 aliphatic rings. The first-order valence-corrected chi connectivity index (χ1v) is 6.76. The van der Waals surface area contributed by atoms with Crippen molar-refractivity contribution in [1.29, 1.82) is 0 Å². The van der Waals surface area contributed by atoms with Crippen LogP contribution in [0.15, 0.2) is 41.1 Å². The fourth-order valence-electron chi connectivity index (χ4n) is 2.03. The zero-order valence-electron chi connectivity index (χ0n) is 10.3. The smallest absolute Gasteiger partial charge is 0.255 e. The molecule has 2 N–H and O–H groups in total. The van der Waals surface area contributed by atoms with Crippen LogP contribution in [0.1, 0.15) is 15.9 Å². The Morgan fingerprint density at radius 3 is 3.00 bits per heavy atom. The molecule has 0 spiro atoms. The van der Waals surface area contributed by atoms with Gasteiger partial charge in [0.25, 0.3) is 5.91 Å². The lowest BCUT2D eigenvalue weighted by molar-refractivity contribution is -0.115. The lowest BCUT2D eigenvalue weighted by Crippen LogP contribution is -2.12. The van der Waals surface area contributed by atoms with E-state index in [4.69, 9.17) is 0 Å². The average Bonchev–Trinajstić information content (AvgIpc) is 2.80. The molecule has 2 amide bonds. The Morgan fingerprint density at radius 1 is 1.35 bits per heavy atom. The highest BCUT2D eigenvalue weighted by Crippen LogP contribution is 2.25. The standard InChI is InChI=1S/C14H10BrN3O2/c15-10-7-16-4-3-11(10)18-14(20)9-2-1-8-6-13(19)17-12(8)5-9/h1-5,7H,6H2,(H,17,19)(H,16,18,20). The Balaban J connectivity index is 1.84. The van der Waals surface area contributed by atoms with E-state index in [2.05, 4.69) is 31.5 Å². The van der Waals surface area contributed by atoms with Crippen molar-refractivity contribution in [3.63, 3.8) is 0 Å². The van der Waals surface area contributed by atoms with Gasteiger partial charge in [-0.3, -0.25) is 14.6 Å². The molecule has 20 heavy (non-hydrogen) atoms. The van der Waals surface area contributed by atoms with Gasteiger partial charge in [0.2, 0.25) is 5.91 Å². The lowest BCUT2D eigenvalue weighted by Gasteiger charge is -2.08. The third kappa shape index (κ3) is 2.42. The van der Waals surface area contributed by atoms with Crippen LogP contribution >= 0.6 is 15.9 Å². The van der Waals surface area contributed by atoms with E-state index in [0.29, 0.717) is 27.8 Å². The lowest BCUT2D eigenvalue weighted by atomic mass is 10.1. The molecule has 1 aromatic carbocycles. The maximum absolute atomic E-state index is 12.2. The highest BCUT2D eigenvalue weighted by molar-refractivity contribution is 9.10. The molecule has 1 aliphatic heterocycles. The molecule has 1 aromatic heterocycles. The largest absolute Gasteiger partial charge is 0.326 e. The summed E-state index contributed by atoms with van der Waals surface area (Å²) in [5.41, 5.74) is 2.76. The van der Waals surface area contributed by atoms with E-state index in [1.165, 1.54) is 0 Å². The quantitative estimate of drug-likeness (QED) is 0.888. The monoisotopic (exact) mass is 331 g/mol. The molecule has 2 aromatic rings. The molecule has 0 bridgehead atoms. The van der Waals surface area contributed by atoms with Crippen molar-refractivity contribution < 1.29 is 9.59 Å². The summed E-state index contributed by atoms with van der Waals surface area (Å²) >= 11 is 3.32. The molecular formula is C14H10BrN3O2. The van der Waals surface area contributed by atoms with Gasteiger partial charge in [0.05, 0.1) is 16.6 Å². The maximum Gasteiger partial charge on any atom is 0.255 e. The number of nitrogens with zero attached hydrogens (tertiary/aromatic N) is 1. The van der Waals surface area contributed by atoms with E-state index in [-0.39, 0.29) is 11.8 Å². The van der Waals surface area contributed by atoms with Gasteiger partial charge < -0.3 is 10.6 Å². The molecule has 6 heteroatoms. The van der Waals surface area contributed by atoms with Crippen LogP contribution in [-0.4, -0.2) is 16.8 Å². The maximum atomic E-state index is 12.2. The number of carbonyl (C=O) groups excluding carboxylic acids is 2. The minimum Gasteiger partial charge on any atom is -0.326 e. The molecule has 0 aliphatic carbocycles. The van der Waals surface area contributed by atoms with Gasteiger partial charge in [-0.15, -0.1) is 0 Å². The van der Waals surface area contributed by atoms with Gasteiger partial charge in [0.15, 0.2) is 0 Å². The third-order valence-corrected chi connectivity index (χ3v) is 3.65. The van der Waals surface area contributed by atoms with E-state index in [1.54, 1.807) is 36.7 Å². The van der Waals surface area contributed by atoms with Gasteiger partial charge in [-0.05, 0) is 39.7 Å². The van der Waals surface area contributed by atoms with E-state index in [9.17, 15) is 9.59 Å². The summed E-state index contributed by atoms with van der Waals surface area (Å²) in [5.74, 6) is -0.282. The zero-order chi connectivity index (χ0) is 14.1. The first-order valence-electron chi connectivity index (χ1n) is 5.97. The molecule has 0 fully saturated rings. The molecule has 0 saturated heterocycles. The predicted octanol–water partition coefficient (Wildman–Crippen LogP) is 2.59. The number of amides is 2. The molecule has 2 heterocycles. The van der Waals surface area contributed by atoms with Gasteiger partial charge in [-0.1, -0.05) is 6.07 Å². The second-order valence-corrected chi connectivity index (χ2v) is 5.26. The summed E-state index contributed by atoms with van der Waals surface area (Å²) < 4.78 is 0.711. The number of nitrogens with one attached hydrogen (secondary N) is 2. The van der Waals surface area contributed by atoms with Crippen LogP contribution in [-0.2, 0) is 11.2 Å². The predicted molar refractivity (Wildman–Crippen MR) is 78.7 cm³/mol. The number of hydrogen-bond acceptors (Lipinski definition) is 3. The van der Waals surface area contributed by atoms with Crippen LogP contribution in [0.25, 0.3) is 0 Å². The van der Waals surface area contributed by atoms with Crippen molar-refractivity contribution in [2.45, 2.75) is 6.42 Å². The number of pyridine rings is 1. The van der Waals surface area contributed by atoms with Crippen LogP contribution in [0.4, 0.5) is 11.4 Å². The summed E-state index contributed by atoms with van der Waals surface area (Å²) in [4.78, 5) is 27.4. The number of hydrogen-bond donors (Lipinski definition) is 2. The number of rotatable bonds is 2. The Labute approximate surface area is 123 Å². The molecule has 0 atom stereocenters. The first-order chi connectivity index (χ1) is 9.63. The highest BCUT2D eigenvalue weighted by Gasteiger charge is 2.19. The van der Waals surface area contributed by atoms with Crippen molar-refractivity contribution in [3.05, 3.63) is 52.3 Å². The normalized spacial score (nSPS) is 12.8. The van der Waals surface area contributed by atoms with Crippen LogP contribution in [0.3, 0.4) is 0 Å². The number of aromatic nitrogens is 1. The molecule has 100 valence electrons.